The first kappa shape index (κ1) is 11.2. The number of nitrogens with one attached hydrogen (secondary N) is 1. The van der Waals surface area contributed by atoms with Crippen molar-refractivity contribution in [3.63, 3.8) is 0 Å². The van der Waals surface area contributed by atoms with Crippen molar-refractivity contribution in [2.75, 3.05) is 5.32 Å². The van der Waals surface area contributed by atoms with Crippen molar-refractivity contribution in [1.82, 2.24) is 0 Å². The van der Waals surface area contributed by atoms with Crippen LogP contribution in [0.5, 0.6) is 0 Å². The first-order chi connectivity index (χ1) is 9.33. The molecule has 2 atom stereocenters. The monoisotopic (exact) mass is 269 g/mol. The van der Waals surface area contributed by atoms with Gasteiger partial charge in [-0.1, -0.05) is 30.8 Å². The number of benzene rings is 1. The van der Waals surface area contributed by atoms with Crippen LogP contribution < -0.4 is 5.32 Å². The lowest BCUT2D eigenvalue weighted by Gasteiger charge is -2.30. The van der Waals surface area contributed by atoms with Crippen molar-refractivity contribution < 1.29 is 4.42 Å². The second-order valence-corrected chi connectivity index (χ2v) is 5.85. The van der Waals surface area contributed by atoms with Gasteiger partial charge in [-0.05, 0) is 42.5 Å². The minimum Gasteiger partial charge on any atom is -0.464 e. The Kier molecular flexibility index (Phi) is 2.49. The molecule has 96 valence electrons. The van der Waals surface area contributed by atoms with E-state index in [0.717, 1.165) is 16.3 Å². The lowest BCUT2D eigenvalue weighted by Crippen LogP contribution is -2.28. The van der Waals surface area contributed by atoms with E-state index >= 15 is 0 Å². The van der Waals surface area contributed by atoms with E-state index in [-0.39, 0.29) is 0 Å². The van der Waals surface area contributed by atoms with Crippen LogP contribution in [0.25, 0.3) is 11.3 Å². The lowest BCUT2D eigenvalue weighted by molar-refractivity contribution is 0.582. The highest BCUT2D eigenvalue weighted by molar-refractivity contribution is 7.80. The molecule has 1 saturated carbocycles. The molecule has 0 radical (unpaired) electrons. The smallest absolute Gasteiger partial charge is 0.133 e. The molecule has 1 aliphatic heterocycles. The van der Waals surface area contributed by atoms with Crippen molar-refractivity contribution >= 4 is 22.9 Å². The summed E-state index contributed by atoms with van der Waals surface area (Å²) in [5, 5.41) is 3.42. The molecule has 1 aliphatic carbocycles. The van der Waals surface area contributed by atoms with E-state index in [9.17, 15) is 0 Å². The summed E-state index contributed by atoms with van der Waals surface area (Å²) < 4.78 is 5.46. The molecule has 0 saturated heterocycles. The molecule has 2 heterocycles. The first-order valence-corrected chi connectivity index (χ1v) is 7.22. The van der Waals surface area contributed by atoms with Crippen LogP contribution in [-0.2, 0) is 0 Å². The van der Waals surface area contributed by atoms with Gasteiger partial charge >= 0.3 is 0 Å². The largest absolute Gasteiger partial charge is 0.464 e. The zero-order valence-corrected chi connectivity index (χ0v) is 11.4. The van der Waals surface area contributed by atoms with Crippen LogP contribution in [0.2, 0.25) is 0 Å². The Morgan fingerprint density at radius 3 is 2.89 bits per heavy atom. The number of furan rings is 1. The minimum atomic E-state index is 0.553. The van der Waals surface area contributed by atoms with E-state index < -0.39 is 0 Å². The molecule has 0 amide bonds. The summed E-state index contributed by atoms with van der Waals surface area (Å²) >= 11 is 5.53. The summed E-state index contributed by atoms with van der Waals surface area (Å²) in [5.74, 6) is 2.08. The molecule has 2 nitrogen and oxygen atoms in total. The Hall–Kier alpha value is -1.61. The Bertz CT molecular complexity index is 632. The molecular weight excluding hydrogens is 254 g/mol. The van der Waals surface area contributed by atoms with E-state index in [0.29, 0.717) is 11.8 Å². The fourth-order valence-electron chi connectivity index (χ4n) is 3.46. The summed E-state index contributed by atoms with van der Waals surface area (Å²) in [6.07, 6.45) is 5.49. The molecule has 19 heavy (non-hydrogen) atoms. The summed E-state index contributed by atoms with van der Waals surface area (Å²) in [7, 11) is 0. The van der Waals surface area contributed by atoms with Gasteiger partial charge in [-0.25, -0.2) is 0 Å². The van der Waals surface area contributed by atoms with Crippen molar-refractivity contribution in [1.29, 1.82) is 0 Å². The van der Waals surface area contributed by atoms with Gasteiger partial charge in [-0.3, -0.25) is 0 Å². The summed E-state index contributed by atoms with van der Waals surface area (Å²) in [4.78, 5) is 1.02. The highest BCUT2D eigenvalue weighted by atomic mass is 32.1. The molecule has 1 aromatic heterocycles. The zero-order valence-electron chi connectivity index (χ0n) is 10.6. The molecule has 2 aromatic rings. The van der Waals surface area contributed by atoms with Gasteiger partial charge in [0.25, 0.3) is 0 Å². The Morgan fingerprint density at radius 1 is 1.16 bits per heavy atom. The molecule has 4 rings (SSSR count). The second kappa shape index (κ2) is 4.20. The molecule has 1 aromatic carbocycles. The van der Waals surface area contributed by atoms with Gasteiger partial charge in [0, 0.05) is 17.2 Å². The van der Waals surface area contributed by atoms with Crippen LogP contribution in [-0.4, -0.2) is 4.99 Å². The Labute approximate surface area is 117 Å². The van der Waals surface area contributed by atoms with E-state index in [1.807, 2.05) is 12.1 Å². The fraction of sp³-hybridized carbons (Fsp3) is 0.312. The molecular formula is C16H15NOS. The average Bonchev–Trinajstić information content (AvgIpc) is 3.10. The van der Waals surface area contributed by atoms with Crippen LogP contribution in [0, 0.1) is 5.92 Å². The number of anilines is 1. The third-order valence-electron chi connectivity index (χ3n) is 4.37. The number of hydrogen-bond donors (Lipinski definition) is 1. The van der Waals surface area contributed by atoms with Crippen molar-refractivity contribution in [3.05, 3.63) is 42.2 Å². The number of thiocarbonyl (C=S) groups is 1. The number of hydrogen-bond acceptors (Lipinski definition) is 2. The fourth-order valence-corrected chi connectivity index (χ4v) is 3.85. The SMILES string of the molecule is S=C1Nc2cc(-c3ccco3)ccc2C2CCCC12. The highest BCUT2D eigenvalue weighted by Gasteiger charge is 2.36. The van der Waals surface area contributed by atoms with E-state index in [4.69, 9.17) is 16.6 Å². The molecule has 0 spiro atoms. The number of rotatable bonds is 1. The second-order valence-electron chi connectivity index (χ2n) is 5.41. The Balaban J connectivity index is 1.80. The van der Waals surface area contributed by atoms with Gasteiger partial charge in [0.2, 0.25) is 0 Å². The van der Waals surface area contributed by atoms with Crippen molar-refractivity contribution in [2.24, 2.45) is 5.92 Å². The van der Waals surface area contributed by atoms with Gasteiger partial charge in [0.05, 0.1) is 11.3 Å². The van der Waals surface area contributed by atoms with E-state index in [1.165, 1.54) is 30.5 Å². The topological polar surface area (TPSA) is 25.2 Å². The summed E-state index contributed by atoms with van der Waals surface area (Å²) in [5.41, 5.74) is 3.70. The van der Waals surface area contributed by atoms with Gasteiger partial charge < -0.3 is 9.73 Å². The van der Waals surface area contributed by atoms with Crippen LogP contribution in [0.15, 0.2) is 41.0 Å². The molecule has 2 unspecified atom stereocenters. The lowest BCUT2D eigenvalue weighted by atomic mass is 9.84. The predicted octanol–water partition coefficient (Wildman–Crippen LogP) is 4.58. The van der Waals surface area contributed by atoms with Crippen molar-refractivity contribution in [3.8, 4) is 11.3 Å². The normalized spacial score (nSPS) is 24.7. The predicted molar refractivity (Wildman–Crippen MR) is 80.4 cm³/mol. The van der Waals surface area contributed by atoms with Crippen LogP contribution in [0.4, 0.5) is 5.69 Å². The standard InChI is InChI=1S/C16H15NOS/c19-16-13-4-1-3-11(13)12-7-6-10(9-14(12)17-16)15-5-2-8-18-15/h2,5-9,11,13H,1,3-4H2,(H,17,19). The Morgan fingerprint density at radius 2 is 2.05 bits per heavy atom. The zero-order chi connectivity index (χ0) is 12.8. The quantitative estimate of drug-likeness (QED) is 0.767. The van der Waals surface area contributed by atoms with Gasteiger partial charge in [-0.15, -0.1) is 0 Å². The van der Waals surface area contributed by atoms with Crippen LogP contribution in [0.1, 0.15) is 30.7 Å². The maximum atomic E-state index is 5.53. The highest BCUT2D eigenvalue weighted by Crippen LogP contribution is 2.47. The van der Waals surface area contributed by atoms with Gasteiger partial charge in [0.15, 0.2) is 0 Å². The number of fused-ring (bicyclic) bond motifs is 3. The summed E-state index contributed by atoms with van der Waals surface area (Å²) in [6.45, 7) is 0. The molecule has 2 aliphatic rings. The average molecular weight is 269 g/mol. The maximum Gasteiger partial charge on any atom is 0.133 e. The summed E-state index contributed by atoms with van der Waals surface area (Å²) in [6, 6.07) is 10.5. The molecule has 1 fully saturated rings. The van der Waals surface area contributed by atoms with E-state index in [1.54, 1.807) is 6.26 Å². The minimum absolute atomic E-state index is 0.553. The van der Waals surface area contributed by atoms with Gasteiger partial charge in [-0.2, -0.15) is 0 Å². The van der Waals surface area contributed by atoms with Crippen LogP contribution >= 0.6 is 12.2 Å². The maximum absolute atomic E-state index is 5.53. The third kappa shape index (κ3) is 1.72. The molecule has 0 bridgehead atoms. The molecule has 3 heteroatoms. The molecule has 1 N–H and O–H groups in total. The van der Waals surface area contributed by atoms with Crippen LogP contribution in [0.3, 0.4) is 0 Å². The van der Waals surface area contributed by atoms with Crippen molar-refractivity contribution in [2.45, 2.75) is 25.2 Å². The van der Waals surface area contributed by atoms with Gasteiger partial charge in [0.1, 0.15) is 5.76 Å². The van der Waals surface area contributed by atoms with E-state index in [2.05, 4.69) is 23.5 Å². The third-order valence-corrected chi connectivity index (χ3v) is 4.77. The first-order valence-electron chi connectivity index (χ1n) is 6.81.